The van der Waals surface area contributed by atoms with Crippen molar-refractivity contribution in [2.45, 2.75) is 71.9 Å². The Morgan fingerprint density at radius 1 is 0.912 bits per heavy atom. The molecule has 0 aliphatic carbocycles. The molecule has 3 aromatic carbocycles. The van der Waals surface area contributed by atoms with Gasteiger partial charge in [0, 0.05) is 24.2 Å². The van der Waals surface area contributed by atoms with Gasteiger partial charge in [0.25, 0.3) is 5.91 Å². The summed E-state index contributed by atoms with van der Waals surface area (Å²) in [7, 11) is 1.43. The number of fused-ring (bicyclic) bond motifs is 2. The van der Waals surface area contributed by atoms with Crippen LogP contribution < -0.4 is 15.0 Å². The molecule has 0 atom stereocenters. The average Bonchev–Trinajstić information content (AvgIpc) is 3.61. The van der Waals surface area contributed by atoms with Crippen molar-refractivity contribution in [3.05, 3.63) is 101 Å². The van der Waals surface area contributed by atoms with Crippen LogP contribution in [0.4, 0.5) is 10.9 Å². The number of esters is 2. The van der Waals surface area contributed by atoms with Crippen LogP contribution in [-0.2, 0) is 27.2 Å². The van der Waals surface area contributed by atoms with Crippen LogP contribution in [0.25, 0.3) is 21.3 Å². The van der Waals surface area contributed by atoms with Crippen LogP contribution in [0.5, 0.6) is 5.75 Å². The maximum Gasteiger partial charge on any atom is 0.358 e. The summed E-state index contributed by atoms with van der Waals surface area (Å²) in [5.41, 5.74) is 5.43. The number of likely N-dealkylation sites (tertiary alicyclic amines) is 1. The van der Waals surface area contributed by atoms with Crippen molar-refractivity contribution < 1.29 is 28.6 Å². The van der Waals surface area contributed by atoms with E-state index < -0.39 is 11.6 Å². The van der Waals surface area contributed by atoms with Crippen LogP contribution in [0, 0.1) is 12.8 Å². The lowest BCUT2D eigenvalue weighted by Gasteiger charge is -2.31. The molecule has 57 heavy (non-hydrogen) atoms. The minimum Gasteiger partial charge on any atom is -0.493 e. The Morgan fingerprint density at radius 3 is 2.47 bits per heavy atom. The topological polar surface area (TPSA) is 123 Å². The fourth-order valence-corrected chi connectivity index (χ4v) is 8.56. The first-order valence-corrected chi connectivity index (χ1v) is 20.6. The molecule has 1 N–H and O–H groups in total. The Morgan fingerprint density at radius 2 is 1.70 bits per heavy atom. The highest BCUT2D eigenvalue weighted by atomic mass is 32.1. The van der Waals surface area contributed by atoms with E-state index in [1.165, 1.54) is 18.4 Å². The number of piperidine rings is 1. The van der Waals surface area contributed by atoms with E-state index in [0.717, 1.165) is 83.4 Å². The Balaban J connectivity index is 1.07. The van der Waals surface area contributed by atoms with Crippen molar-refractivity contribution in [2.24, 2.45) is 5.92 Å². The molecule has 2 aliphatic heterocycles. The van der Waals surface area contributed by atoms with Gasteiger partial charge in [-0.3, -0.25) is 19.8 Å². The van der Waals surface area contributed by atoms with E-state index >= 15 is 0 Å². The summed E-state index contributed by atoms with van der Waals surface area (Å²) in [6, 6.07) is 23.5. The summed E-state index contributed by atoms with van der Waals surface area (Å²) in [5.74, 6) is 1.11. The van der Waals surface area contributed by atoms with Gasteiger partial charge in [-0.15, -0.1) is 0 Å². The van der Waals surface area contributed by atoms with Crippen molar-refractivity contribution in [1.82, 2.24) is 14.9 Å². The number of benzene rings is 3. The quantitative estimate of drug-likeness (QED) is 0.0973. The number of methoxy groups -OCH3 is 1. The molecular formula is C45H51N5O6S. The normalized spacial score (nSPS) is 14.9. The Hall–Kier alpha value is -5.33. The number of ether oxygens (including phenoxy) is 3. The van der Waals surface area contributed by atoms with Crippen LogP contribution in [0.3, 0.4) is 0 Å². The third kappa shape index (κ3) is 9.62. The highest BCUT2D eigenvalue weighted by Crippen LogP contribution is 2.36. The molecule has 11 nitrogen and oxygen atoms in total. The van der Waals surface area contributed by atoms with Gasteiger partial charge < -0.3 is 19.1 Å². The van der Waals surface area contributed by atoms with Gasteiger partial charge in [-0.25, -0.2) is 14.8 Å². The van der Waals surface area contributed by atoms with Gasteiger partial charge in [-0.1, -0.05) is 47.7 Å². The summed E-state index contributed by atoms with van der Waals surface area (Å²) in [4.78, 5) is 53.1. The summed E-state index contributed by atoms with van der Waals surface area (Å²) < 4.78 is 18.1. The van der Waals surface area contributed by atoms with Crippen molar-refractivity contribution in [2.75, 3.05) is 50.1 Å². The molecule has 0 spiro atoms. The fraction of sp³-hybridized carbons (Fsp3) is 0.400. The highest BCUT2D eigenvalue weighted by Gasteiger charge is 2.28. The Bertz CT molecular complexity index is 2220. The molecule has 0 unspecified atom stereocenters. The first-order valence-electron chi connectivity index (χ1n) is 19.7. The SMILES string of the molecule is COC(=O)CN1CCC(CCCOc2cccc(-c3ccc(N4CCc5cccc(C(=O)Nc6nc7ccccc7s6)c5C4)nc3C(=O)OC(C)(C)C)c2C)CC1. The first-order chi connectivity index (χ1) is 27.5. The lowest BCUT2D eigenvalue weighted by molar-refractivity contribution is -0.142. The molecule has 2 aromatic heterocycles. The van der Waals surface area contributed by atoms with Crippen LogP contribution in [0.2, 0.25) is 0 Å². The largest absolute Gasteiger partial charge is 0.493 e. The predicted octanol–water partition coefficient (Wildman–Crippen LogP) is 8.48. The molecule has 12 heteroatoms. The lowest BCUT2D eigenvalue weighted by atomic mass is 9.92. The average molecular weight is 790 g/mol. The van der Waals surface area contributed by atoms with Crippen LogP contribution in [0.15, 0.2) is 72.8 Å². The molecule has 298 valence electrons. The summed E-state index contributed by atoms with van der Waals surface area (Å²) >= 11 is 1.45. The third-order valence-corrected chi connectivity index (χ3v) is 11.7. The van der Waals surface area contributed by atoms with Gasteiger partial charge >= 0.3 is 11.9 Å². The minimum absolute atomic E-state index is 0.184. The summed E-state index contributed by atoms with van der Waals surface area (Å²) in [5, 5.41) is 3.58. The van der Waals surface area contributed by atoms with Gasteiger partial charge in [0.15, 0.2) is 10.8 Å². The van der Waals surface area contributed by atoms with E-state index in [-0.39, 0.29) is 17.6 Å². The van der Waals surface area contributed by atoms with E-state index in [9.17, 15) is 14.4 Å². The number of nitrogens with one attached hydrogen (secondary N) is 1. The molecule has 0 radical (unpaired) electrons. The second-order valence-corrected chi connectivity index (χ2v) is 16.9. The number of anilines is 2. The van der Waals surface area contributed by atoms with E-state index in [0.29, 0.717) is 54.2 Å². The molecule has 2 aliphatic rings. The van der Waals surface area contributed by atoms with Gasteiger partial charge in [-0.2, -0.15) is 0 Å². The van der Waals surface area contributed by atoms with Crippen molar-refractivity contribution in [3.63, 3.8) is 0 Å². The predicted molar refractivity (Wildman–Crippen MR) is 224 cm³/mol. The van der Waals surface area contributed by atoms with Crippen LogP contribution in [0.1, 0.15) is 84.0 Å². The maximum atomic E-state index is 13.9. The Labute approximate surface area is 338 Å². The summed E-state index contributed by atoms with van der Waals surface area (Å²) in [6.07, 6.45) is 4.83. The molecule has 0 saturated carbocycles. The molecule has 1 amide bonds. The van der Waals surface area contributed by atoms with Gasteiger partial charge in [0.05, 0.1) is 30.5 Å². The fourth-order valence-electron chi connectivity index (χ4n) is 7.70. The zero-order chi connectivity index (χ0) is 40.1. The number of carbonyl (C=O) groups excluding carboxylic acids is 3. The molecule has 7 rings (SSSR count). The van der Waals surface area contributed by atoms with Gasteiger partial charge in [-0.05, 0) is 137 Å². The number of carbonyl (C=O) groups is 3. The van der Waals surface area contributed by atoms with E-state index in [2.05, 4.69) is 26.2 Å². The van der Waals surface area contributed by atoms with Crippen molar-refractivity contribution in [1.29, 1.82) is 0 Å². The van der Waals surface area contributed by atoms with E-state index in [1.54, 1.807) is 0 Å². The number of pyridine rings is 1. The van der Waals surface area contributed by atoms with Crippen LogP contribution in [-0.4, -0.2) is 78.2 Å². The van der Waals surface area contributed by atoms with E-state index in [1.807, 2.05) is 94.4 Å². The number of para-hydroxylation sites is 1. The van der Waals surface area contributed by atoms with Crippen molar-refractivity contribution >= 4 is 50.3 Å². The zero-order valence-electron chi connectivity index (χ0n) is 33.4. The molecule has 5 aromatic rings. The second-order valence-electron chi connectivity index (χ2n) is 15.8. The molecule has 1 fully saturated rings. The number of hydrogen-bond donors (Lipinski definition) is 1. The maximum absolute atomic E-state index is 13.9. The number of aromatic nitrogens is 2. The Kier molecular flexibility index (Phi) is 12.2. The molecule has 4 heterocycles. The second kappa shape index (κ2) is 17.4. The molecule has 1 saturated heterocycles. The van der Waals surface area contributed by atoms with Crippen LogP contribution >= 0.6 is 11.3 Å². The number of amides is 1. The highest BCUT2D eigenvalue weighted by molar-refractivity contribution is 7.22. The molecule has 0 bridgehead atoms. The van der Waals surface area contributed by atoms with Gasteiger partial charge in [0.2, 0.25) is 0 Å². The number of thiazole rings is 1. The third-order valence-electron chi connectivity index (χ3n) is 10.7. The standard InChI is InChI=1S/C45H51N5O6S/c1-29-32(13-9-16-37(29)55-26-10-11-30-20-23-49(24-21-30)28-40(51)54-5)33-18-19-39(47-41(33)43(53)56-45(2,3)4)50-25-22-31-12-8-14-34(35(31)27-50)42(52)48-44-46-36-15-6-7-17-38(36)57-44/h6-9,12-19,30H,10-11,20-28H2,1-5H3,(H,46,48,52). The van der Waals surface area contributed by atoms with Crippen molar-refractivity contribution in [3.8, 4) is 16.9 Å². The monoisotopic (exact) mass is 789 g/mol. The lowest BCUT2D eigenvalue weighted by Crippen LogP contribution is -2.37. The number of nitrogens with zero attached hydrogens (tertiary/aromatic N) is 4. The smallest absolute Gasteiger partial charge is 0.358 e. The summed E-state index contributed by atoms with van der Waals surface area (Å²) in [6.45, 7) is 11.4. The van der Waals surface area contributed by atoms with Gasteiger partial charge in [0.1, 0.15) is 17.2 Å². The minimum atomic E-state index is -0.723. The number of hydrogen-bond acceptors (Lipinski definition) is 11. The molecular weight excluding hydrogens is 739 g/mol. The van der Waals surface area contributed by atoms with E-state index in [4.69, 9.17) is 19.2 Å². The zero-order valence-corrected chi connectivity index (χ0v) is 34.2. The number of rotatable bonds is 12. The first kappa shape index (κ1) is 39.9.